The van der Waals surface area contributed by atoms with Crippen LogP contribution in [0.2, 0.25) is 0 Å². The van der Waals surface area contributed by atoms with Gasteiger partial charge < -0.3 is 14.6 Å². The molecule has 1 unspecified atom stereocenters. The summed E-state index contributed by atoms with van der Waals surface area (Å²) in [6, 6.07) is 26.7. The molecule has 3 aromatic heterocycles. The van der Waals surface area contributed by atoms with Crippen LogP contribution < -0.4 is 5.32 Å². The maximum Gasteiger partial charge on any atom is 0.407 e. The molecule has 0 fully saturated rings. The standard InChI is InChI=1S/C35H33N7O2/c1-23(2)29-9-3-4-10-30(29)32-36-20-31-34(40-32)41(21-24-11-13-28(14-12-24)42-16-6-15-38-42)33(39-31)27-18-25-7-5-8-26(17-25)22-44-35(43)37-19-27/h3-17,20,23,27H,18-19,21-22H2,1-2H3,(H,37,43). The number of fused-ring (bicyclic) bond motifs is 3. The van der Waals surface area contributed by atoms with Gasteiger partial charge in [0.1, 0.15) is 17.9 Å². The topological polar surface area (TPSA) is 99.8 Å². The lowest BCUT2D eigenvalue weighted by atomic mass is 9.96. The summed E-state index contributed by atoms with van der Waals surface area (Å²) >= 11 is 0. The fraction of sp³-hybridized carbons (Fsp3) is 0.229. The lowest BCUT2D eigenvalue weighted by Crippen LogP contribution is -2.31. The van der Waals surface area contributed by atoms with E-state index < -0.39 is 6.09 Å². The normalized spacial score (nSPS) is 15.2. The van der Waals surface area contributed by atoms with Crippen LogP contribution in [-0.2, 0) is 24.3 Å². The van der Waals surface area contributed by atoms with Crippen molar-refractivity contribution in [3.05, 3.63) is 126 Å². The van der Waals surface area contributed by atoms with Gasteiger partial charge in [0.25, 0.3) is 0 Å². The molecule has 1 amide bonds. The van der Waals surface area contributed by atoms with E-state index in [9.17, 15) is 4.79 Å². The Bertz CT molecular complexity index is 1930. The molecule has 0 radical (unpaired) electrons. The van der Waals surface area contributed by atoms with Crippen molar-refractivity contribution in [1.29, 1.82) is 0 Å². The van der Waals surface area contributed by atoms with E-state index >= 15 is 0 Å². The molecule has 9 heteroatoms. The Morgan fingerprint density at radius 3 is 2.64 bits per heavy atom. The highest BCUT2D eigenvalue weighted by atomic mass is 16.5. The summed E-state index contributed by atoms with van der Waals surface area (Å²) in [4.78, 5) is 27.6. The molecule has 1 N–H and O–H groups in total. The predicted octanol–water partition coefficient (Wildman–Crippen LogP) is 6.42. The smallest absolute Gasteiger partial charge is 0.407 e. The molecule has 9 nitrogen and oxygen atoms in total. The summed E-state index contributed by atoms with van der Waals surface area (Å²) in [6.45, 7) is 5.53. The van der Waals surface area contributed by atoms with E-state index in [1.807, 2.05) is 41.3 Å². The van der Waals surface area contributed by atoms with E-state index in [1.54, 1.807) is 6.20 Å². The lowest BCUT2D eigenvalue weighted by Gasteiger charge is -2.21. The van der Waals surface area contributed by atoms with Crippen LogP contribution in [0.15, 0.2) is 97.5 Å². The van der Waals surface area contributed by atoms with Crippen molar-refractivity contribution in [1.82, 2.24) is 34.6 Å². The number of alkyl carbamates (subject to hydrolysis) is 1. The van der Waals surface area contributed by atoms with Crippen LogP contribution in [0.4, 0.5) is 4.79 Å². The minimum Gasteiger partial charge on any atom is -0.445 e. The molecule has 1 aliphatic rings. The molecule has 0 saturated carbocycles. The lowest BCUT2D eigenvalue weighted by molar-refractivity contribution is 0.138. The second-order valence-electron chi connectivity index (χ2n) is 11.5. The van der Waals surface area contributed by atoms with E-state index in [1.165, 1.54) is 5.56 Å². The van der Waals surface area contributed by atoms with Crippen molar-refractivity contribution in [2.45, 2.75) is 45.3 Å². The van der Waals surface area contributed by atoms with E-state index in [0.717, 1.165) is 39.4 Å². The van der Waals surface area contributed by atoms with Crippen LogP contribution >= 0.6 is 0 Å². The van der Waals surface area contributed by atoms with Gasteiger partial charge in [0.15, 0.2) is 11.5 Å². The molecule has 0 saturated heterocycles. The Balaban J connectivity index is 1.35. The molecule has 1 atom stereocenters. The van der Waals surface area contributed by atoms with Crippen LogP contribution in [0, 0.1) is 0 Å². The minimum absolute atomic E-state index is 0.125. The Morgan fingerprint density at radius 2 is 1.82 bits per heavy atom. The van der Waals surface area contributed by atoms with E-state index in [2.05, 4.69) is 83.4 Å². The summed E-state index contributed by atoms with van der Waals surface area (Å²) in [6.07, 6.45) is 5.78. The maximum absolute atomic E-state index is 12.5. The van der Waals surface area contributed by atoms with Crippen molar-refractivity contribution in [3.63, 3.8) is 0 Å². The first-order chi connectivity index (χ1) is 21.5. The molecule has 44 heavy (non-hydrogen) atoms. The number of hydrogen-bond acceptors (Lipinski definition) is 6. The average molecular weight is 584 g/mol. The fourth-order valence-electron chi connectivity index (χ4n) is 5.89. The number of cyclic esters (lactones) is 1. The molecule has 7 rings (SSSR count). The molecular formula is C35H33N7O2. The number of carbonyl (C=O) groups excluding carboxylic acids is 1. The van der Waals surface area contributed by atoms with Crippen molar-refractivity contribution in [2.75, 3.05) is 6.54 Å². The molecule has 2 bridgehead atoms. The summed E-state index contributed by atoms with van der Waals surface area (Å²) in [5.41, 5.74) is 7.89. The largest absolute Gasteiger partial charge is 0.445 e. The van der Waals surface area contributed by atoms with Gasteiger partial charge in [-0.3, -0.25) is 0 Å². The third-order valence-electron chi connectivity index (χ3n) is 8.09. The van der Waals surface area contributed by atoms with Gasteiger partial charge in [-0.15, -0.1) is 0 Å². The second kappa shape index (κ2) is 11.8. The van der Waals surface area contributed by atoms with Crippen LogP contribution in [-0.4, -0.2) is 41.9 Å². The van der Waals surface area contributed by atoms with Gasteiger partial charge in [-0.05, 0) is 52.8 Å². The second-order valence-corrected chi connectivity index (χ2v) is 11.5. The Hall–Kier alpha value is -5.31. The number of rotatable bonds is 6. The highest BCUT2D eigenvalue weighted by Gasteiger charge is 2.25. The van der Waals surface area contributed by atoms with Gasteiger partial charge in [0.05, 0.1) is 18.4 Å². The summed E-state index contributed by atoms with van der Waals surface area (Å²) in [5.74, 6) is 1.71. The van der Waals surface area contributed by atoms with Gasteiger partial charge in [0, 0.05) is 30.4 Å². The first-order valence-corrected chi connectivity index (χ1v) is 14.9. The summed E-state index contributed by atoms with van der Waals surface area (Å²) in [5, 5.41) is 7.32. The highest BCUT2D eigenvalue weighted by molar-refractivity contribution is 5.75. The van der Waals surface area contributed by atoms with Gasteiger partial charge in [0.2, 0.25) is 0 Å². The Kier molecular flexibility index (Phi) is 7.35. The molecule has 4 heterocycles. The first kappa shape index (κ1) is 27.5. The molecule has 220 valence electrons. The third-order valence-corrected chi connectivity index (χ3v) is 8.09. The van der Waals surface area contributed by atoms with E-state index in [0.29, 0.717) is 36.8 Å². The zero-order chi connectivity index (χ0) is 30.0. The van der Waals surface area contributed by atoms with Crippen LogP contribution in [0.5, 0.6) is 0 Å². The van der Waals surface area contributed by atoms with Gasteiger partial charge in [-0.2, -0.15) is 5.10 Å². The predicted molar refractivity (Wildman–Crippen MR) is 169 cm³/mol. The summed E-state index contributed by atoms with van der Waals surface area (Å²) < 4.78 is 9.47. The van der Waals surface area contributed by atoms with Gasteiger partial charge >= 0.3 is 6.09 Å². The number of benzene rings is 3. The van der Waals surface area contributed by atoms with Crippen molar-refractivity contribution < 1.29 is 9.53 Å². The van der Waals surface area contributed by atoms with Crippen molar-refractivity contribution in [2.24, 2.45) is 0 Å². The molecule has 0 spiro atoms. The van der Waals surface area contributed by atoms with E-state index in [4.69, 9.17) is 19.7 Å². The zero-order valence-electron chi connectivity index (χ0n) is 24.7. The number of nitrogens with one attached hydrogen (secondary N) is 1. The van der Waals surface area contributed by atoms with E-state index in [-0.39, 0.29) is 12.5 Å². The monoisotopic (exact) mass is 583 g/mol. The SMILES string of the molecule is CC(C)c1ccccc1-c1ncc2nc(C3CNC(=O)OCc4cccc(c4)C3)n(Cc3ccc(-n4cccn4)cc3)c2n1. The molecule has 6 aromatic rings. The van der Waals surface area contributed by atoms with Crippen molar-refractivity contribution >= 4 is 17.3 Å². The number of imidazole rings is 1. The van der Waals surface area contributed by atoms with Gasteiger partial charge in [-0.1, -0.05) is 74.5 Å². The minimum atomic E-state index is -0.438. The van der Waals surface area contributed by atoms with Crippen molar-refractivity contribution in [3.8, 4) is 17.1 Å². The molecular weight excluding hydrogens is 550 g/mol. The maximum atomic E-state index is 12.5. The van der Waals surface area contributed by atoms with Crippen LogP contribution in [0.25, 0.3) is 28.2 Å². The Labute approximate surface area is 255 Å². The highest BCUT2D eigenvalue weighted by Crippen LogP contribution is 2.30. The number of hydrogen-bond donors (Lipinski definition) is 1. The van der Waals surface area contributed by atoms with Gasteiger partial charge in [-0.25, -0.2) is 24.4 Å². The number of aromatic nitrogens is 6. The first-order valence-electron chi connectivity index (χ1n) is 14.9. The average Bonchev–Trinajstić information content (AvgIpc) is 3.71. The zero-order valence-corrected chi connectivity index (χ0v) is 24.7. The molecule has 1 aliphatic heterocycles. The van der Waals surface area contributed by atoms with Crippen LogP contribution in [0.3, 0.4) is 0 Å². The Morgan fingerprint density at radius 1 is 0.977 bits per heavy atom. The summed E-state index contributed by atoms with van der Waals surface area (Å²) in [7, 11) is 0. The molecule has 3 aromatic carbocycles. The number of carbonyl (C=O) groups is 1. The number of amides is 1. The number of ether oxygens (including phenoxy) is 1. The quantitative estimate of drug-likeness (QED) is 0.243. The number of nitrogens with zero attached hydrogens (tertiary/aromatic N) is 6. The fourth-order valence-corrected chi connectivity index (χ4v) is 5.89. The van der Waals surface area contributed by atoms with Crippen LogP contribution in [0.1, 0.15) is 53.8 Å². The molecule has 0 aliphatic carbocycles. The third kappa shape index (κ3) is 5.56.